The van der Waals surface area contributed by atoms with Crippen LogP contribution in [0, 0.1) is 5.82 Å². The molecular weight excluding hydrogens is 405 g/mol. The zero-order chi connectivity index (χ0) is 22.8. The highest BCUT2D eigenvalue weighted by molar-refractivity contribution is 5.77. The Morgan fingerprint density at radius 1 is 1.26 bits per heavy atom. The van der Waals surface area contributed by atoms with Crippen LogP contribution in [0.25, 0.3) is 0 Å². The van der Waals surface area contributed by atoms with E-state index >= 15 is 0 Å². The second-order valence-corrected chi connectivity index (χ2v) is 7.22. The van der Waals surface area contributed by atoms with Crippen LogP contribution < -0.4 is 15.2 Å². The first-order chi connectivity index (χ1) is 14.8. The number of carbonyl (C=O) groups excluding carboxylic acids is 2. The highest BCUT2D eigenvalue weighted by Gasteiger charge is 2.53. The largest absolute Gasteiger partial charge is 0.416 e. The van der Waals surface area contributed by atoms with Crippen molar-refractivity contribution in [3.05, 3.63) is 53.3 Å². The molecule has 2 amide bonds. The van der Waals surface area contributed by atoms with Crippen molar-refractivity contribution in [3.63, 3.8) is 0 Å². The Labute approximate surface area is 180 Å². The van der Waals surface area contributed by atoms with E-state index < -0.39 is 23.5 Å². The normalized spacial score (nSPS) is 15.8. The third-order valence-corrected chi connectivity index (χ3v) is 5.08. The van der Waals surface area contributed by atoms with Gasteiger partial charge in [0.1, 0.15) is 17.0 Å². The van der Waals surface area contributed by atoms with Crippen LogP contribution in [-0.2, 0) is 16.8 Å². The van der Waals surface area contributed by atoms with E-state index in [9.17, 15) is 14.0 Å². The van der Waals surface area contributed by atoms with Crippen LogP contribution in [-0.4, -0.2) is 49.3 Å². The van der Waals surface area contributed by atoms with Crippen molar-refractivity contribution >= 4 is 17.9 Å². The first kappa shape index (κ1) is 22.4. The molecule has 0 bridgehead atoms. The van der Waals surface area contributed by atoms with E-state index in [1.165, 1.54) is 21.9 Å². The van der Waals surface area contributed by atoms with Gasteiger partial charge >= 0.3 is 12.2 Å². The average Bonchev–Trinajstić information content (AvgIpc) is 2.72. The molecule has 0 saturated carbocycles. The van der Waals surface area contributed by atoms with Crippen molar-refractivity contribution in [3.8, 4) is 11.5 Å². The molecule has 1 spiro atoms. The number of carbonyl (C=O) groups is 2. The SMILES string of the molecule is CC.CN(C)C(=O)Oc1ccc2c(c1)OC(=O)N(Cc1cccc(N)c1F)C21COC1. The van der Waals surface area contributed by atoms with Gasteiger partial charge in [0.15, 0.2) is 5.82 Å². The number of benzene rings is 2. The van der Waals surface area contributed by atoms with Crippen LogP contribution in [0.3, 0.4) is 0 Å². The summed E-state index contributed by atoms with van der Waals surface area (Å²) < 4.78 is 30.5. The molecule has 1 fully saturated rings. The minimum absolute atomic E-state index is 0.0135. The van der Waals surface area contributed by atoms with E-state index in [1.54, 1.807) is 38.4 Å². The van der Waals surface area contributed by atoms with Crippen LogP contribution in [0.2, 0.25) is 0 Å². The van der Waals surface area contributed by atoms with Gasteiger partial charge in [-0.25, -0.2) is 14.0 Å². The van der Waals surface area contributed by atoms with Gasteiger partial charge in [-0.05, 0) is 18.2 Å². The molecule has 0 aromatic heterocycles. The summed E-state index contributed by atoms with van der Waals surface area (Å²) >= 11 is 0. The third kappa shape index (κ3) is 4.00. The summed E-state index contributed by atoms with van der Waals surface area (Å²) in [7, 11) is 3.13. The van der Waals surface area contributed by atoms with E-state index in [4.69, 9.17) is 19.9 Å². The Balaban J connectivity index is 0.00000132. The third-order valence-electron chi connectivity index (χ3n) is 5.08. The summed E-state index contributed by atoms with van der Waals surface area (Å²) in [4.78, 5) is 27.3. The van der Waals surface area contributed by atoms with Gasteiger partial charge in [0, 0.05) is 31.3 Å². The summed E-state index contributed by atoms with van der Waals surface area (Å²) in [6, 6.07) is 9.51. The molecule has 2 aliphatic heterocycles. The fraction of sp³-hybridized carbons (Fsp3) is 0.364. The van der Waals surface area contributed by atoms with Gasteiger partial charge in [-0.3, -0.25) is 4.90 Å². The van der Waals surface area contributed by atoms with Crippen LogP contribution in [0.1, 0.15) is 25.0 Å². The molecule has 2 aromatic carbocycles. The van der Waals surface area contributed by atoms with Gasteiger partial charge in [0.25, 0.3) is 0 Å². The molecule has 0 radical (unpaired) electrons. The monoisotopic (exact) mass is 431 g/mol. The maximum Gasteiger partial charge on any atom is 0.416 e. The molecule has 166 valence electrons. The standard InChI is InChI=1S/C20H20FN3O5.C2H6/c1-23(2)18(25)28-13-6-7-14-16(8-13)29-19(26)24(20(14)10-27-11-20)9-12-4-3-5-15(22)17(12)21;1-2/h3-8H,9-11,22H2,1-2H3;1-2H3. The molecule has 2 N–H and O–H groups in total. The lowest BCUT2D eigenvalue weighted by atomic mass is 9.84. The lowest BCUT2D eigenvalue weighted by molar-refractivity contribution is -0.143. The van der Waals surface area contributed by atoms with E-state index in [0.717, 1.165) is 0 Å². The Kier molecular flexibility index (Phi) is 6.35. The molecule has 2 aliphatic rings. The number of nitrogens with two attached hydrogens (primary N) is 1. The van der Waals surface area contributed by atoms with Crippen LogP contribution in [0.5, 0.6) is 11.5 Å². The number of fused-ring (bicyclic) bond motifs is 2. The number of amides is 2. The van der Waals surface area contributed by atoms with Crippen molar-refractivity contribution in [1.82, 2.24) is 9.80 Å². The number of nitrogens with zero attached hydrogens (tertiary/aromatic N) is 2. The molecule has 1 saturated heterocycles. The van der Waals surface area contributed by atoms with Gasteiger partial charge in [-0.1, -0.05) is 26.0 Å². The molecule has 0 aliphatic carbocycles. The smallest absolute Gasteiger partial charge is 0.410 e. The van der Waals surface area contributed by atoms with Crippen molar-refractivity contribution in [2.75, 3.05) is 33.0 Å². The summed E-state index contributed by atoms with van der Waals surface area (Å²) in [5.74, 6) is -0.0277. The van der Waals surface area contributed by atoms with Crippen molar-refractivity contribution in [2.45, 2.75) is 25.9 Å². The Bertz CT molecular complexity index is 991. The molecule has 31 heavy (non-hydrogen) atoms. The second-order valence-electron chi connectivity index (χ2n) is 7.22. The van der Waals surface area contributed by atoms with Crippen LogP contribution >= 0.6 is 0 Å². The minimum atomic E-state index is -0.786. The lowest BCUT2D eigenvalue weighted by Crippen LogP contribution is -2.63. The Morgan fingerprint density at radius 2 is 1.97 bits per heavy atom. The molecule has 8 nitrogen and oxygen atoms in total. The predicted molar refractivity (Wildman–Crippen MR) is 112 cm³/mol. The molecule has 9 heteroatoms. The number of nitrogen functional groups attached to an aromatic ring is 1. The molecular formula is C22H26FN3O5. The maximum atomic E-state index is 14.4. The fourth-order valence-corrected chi connectivity index (χ4v) is 3.41. The average molecular weight is 431 g/mol. The quantitative estimate of drug-likeness (QED) is 0.744. The van der Waals surface area contributed by atoms with Gasteiger partial charge in [0.2, 0.25) is 0 Å². The summed E-state index contributed by atoms with van der Waals surface area (Å²) in [5, 5.41) is 0. The first-order valence-corrected chi connectivity index (χ1v) is 9.95. The molecule has 0 unspecified atom stereocenters. The summed E-state index contributed by atoms with van der Waals surface area (Å²) in [5.41, 5.74) is 5.87. The zero-order valence-electron chi connectivity index (χ0n) is 18.0. The van der Waals surface area contributed by atoms with Crippen molar-refractivity contribution < 1.29 is 28.2 Å². The Hall–Kier alpha value is -3.33. The fourth-order valence-electron chi connectivity index (χ4n) is 3.41. The predicted octanol–water partition coefficient (Wildman–Crippen LogP) is 3.73. The van der Waals surface area contributed by atoms with Crippen LogP contribution in [0.15, 0.2) is 36.4 Å². The van der Waals surface area contributed by atoms with Gasteiger partial charge < -0.3 is 24.8 Å². The molecule has 4 rings (SSSR count). The molecule has 2 heterocycles. The van der Waals surface area contributed by atoms with E-state index in [1.807, 2.05) is 13.8 Å². The first-order valence-electron chi connectivity index (χ1n) is 9.95. The number of hydrogen-bond donors (Lipinski definition) is 1. The van der Waals surface area contributed by atoms with E-state index in [-0.39, 0.29) is 42.5 Å². The maximum absolute atomic E-state index is 14.4. The van der Waals surface area contributed by atoms with Crippen molar-refractivity contribution in [1.29, 1.82) is 0 Å². The topological polar surface area (TPSA) is 94.3 Å². The number of anilines is 1. The molecule has 2 aromatic rings. The van der Waals surface area contributed by atoms with Crippen molar-refractivity contribution in [2.24, 2.45) is 0 Å². The van der Waals surface area contributed by atoms with E-state index in [2.05, 4.69) is 0 Å². The lowest BCUT2D eigenvalue weighted by Gasteiger charge is -2.51. The molecule has 0 atom stereocenters. The van der Waals surface area contributed by atoms with Gasteiger partial charge in [-0.2, -0.15) is 0 Å². The highest BCUT2D eigenvalue weighted by Crippen LogP contribution is 2.46. The minimum Gasteiger partial charge on any atom is -0.410 e. The summed E-state index contributed by atoms with van der Waals surface area (Å²) in [6.07, 6.45) is -1.19. The number of ether oxygens (including phenoxy) is 3. The summed E-state index contributed by atoms with van der Waals surface area (Å²) in [6.45, 7) is 4.47. The highest BCUT2D eigenvalue weighted by atomic mass is 19.1. The van der Waals surface area contributed by atoms with Gasteiger partial charge in [0.05, 0.1) is 25.4 Å². The second kappa shape index (κ2) is 8.81. The number of rotatable bonds is 3. The Morgan fingerprint density at radius 3 is 2.58 bits per heavy atom. The van der Waals surface area contributed by atoms with Gasteiger partial charge in [-0.15, -0.1) is 0 Å². The van der Waals surface area contributed by atoms with E-state index in [0.29, 0.717) is 5.56 Å². The van der Waals surface area contributed by atoms with Crippen LogP contribution in [0.4, 0.5) is 19.7 Å². The number of halogens is 1. The number of hydrogen-bond acceptors (Lipinski definition) is 6. The zero-order valence-corrected chi connectivity index (χ0v) is 18.0.